The Hall–Kier alpha value is -5.92. The Labute approximate surface area is 344 Å². The molecule has 3 fully saturated rings. The van der Waals surface area contributed by atoms with Crippen molar-refractivity contribution in [2.75, 3.05) is 61.3 Å². The van der Waals surface area contributed by atoms with Crippen molar-refractivity contribution in [3.63, 3.8) is 0 Å². The molecule has 0 unspecified atom stereocenters. The van der Waals surface area contributed by atoms with Crippen LogP contribution in [-0.2, 0) is 47.9 Å². The van der Waals surface area contributed by atoms with Crippen molar-refractivity contribution in [2.24, 2.45) is 11.8 Å². The number of ether oxygens (including phenoxy) is 4. The highest BCUT2D eigenvalue weighted by molar-refractivity contribution is 6.08. The fraction of sp³-hybridized carbons (Fsp3) is 0.391. The maximum absolute atomic E-state index is 15.5. The summed E-state index contributed by atoms with van der Waals surface area (Å²) in [7, 11) is 1.62. The van der Waals surface area contributed by atoms with Crippen LogP contribution in [-0.4, -0.2) is 86.7 Å². The second kappa shape index (κ2) is 16.0. The Balaban J connectivity index is 1.21. The largest absolute Gasteiger partial charge is 0.497 e. The highest BCUT2D eigenvalue weighted by atomic mass is 16.6. The van der Waals surface area contributed by atoms with Gasteiger partial charge < -0.3 is 33.9 Å². The Morgan fingerprint density at radius 2 is 1.51 bits per heavy atom. The minimum absolute atomic E-state index is 0.0374. The fourth-order valence-electron chi connectivity index (χ4n) is 9.56. The molecule has 4 aromatic carbocycles. The van der Waals surface area contributed by atoms with Crippen LogP contribution in [0.25, 0.3) is 0 Å². The molecule has 59 heavy (non-hydrogen) atoms. The second-order valence-electron chi connectivity index (χ2n) is 16.2. The van der Waals surface area contributed by atoms with Crippen LogP contribution in [0.3, 0.4) is 0 Å². The third-order valence-electron chi connectivity index (χ3n) is 12.6. The molecule has 13 nitrogen and oxygen atoms in total. The van der Waals surface area contributed by atoms with Gasteiger partial charge in [-0.1, -0.05) is 75.4 Å². The molecule has 8 rings (SSSR count). The molecule has 4 amide bonds. The molecule has 4 aromatic rings. The number of aliphatic hydroxyl groups excluding tert-OH is 1. The van der Waals surface area contributed by atoms with E-state index in [-0.39, 0.29) is 50.5 Å². The molecule has 3 saturated heterocycles. The third kappa shape index (κ3) is 7.16. The van der Waals surface area contributed by atoms with Crippen LogP contribution in [0.2, 0.25) is 0 Å². The van der Waals surface area contributed by atoms with E-state index in [1.165, 1.54) is 0 Å². The maximum Gasteiger partial charge on any atom is 0.414 e. The number of methoxy groups -OCH3 is 1. The molecule has 0 saturated carbocycles. The number of anilines is 3. The summed E-state index contributed by atoms with van der Waals surface area (Å²) in [6.45, 7) is 8.11. The first-order chi connectivity index (χ1) is 28.5. The van der Waals surface area contributed by atoms with Gasteiger partial charge in [-0.3, -0.25) is 19.4 Å². The van der Waals surface area contributed by atoms with E-state index < -0.39 is 35.2 Å². The van der Waals surface area contributed by atoms with E-state index in [4.69, 9.17) is 18.9 Å². The number of nitrogens with zero attached hydrogens (tertiary/aromatic N) is 4. The monoisotopic (exact) mass is 802 g/mol. The van der Waals surface area contributed by atoms with Gasteiger partial charge in [0.25, 0.3) is 5.91 Å². The van der Waals surface area contributed by atoms with Gasteiger partial charge in [-0.2, -0.15) is 0 Å². The predicted molar refractivity (Wildman–Crippen MR) is 220 cm³/mol. The van der Waals surface area contributed by atoms with Crippen molar-refractivity contribution in [2.45, 2.75) is 57.4 Å². The molecule has 0 aromatic heterocycles. The van der Waals surface area contributed by atoms with Gasteiger partial charge in [0.15, 0.2) is 5.60 Å². The molecule has 1 N–H and O–H groups in total. The van der Waals surface area contributed by atoms with Crippen molar-refractivity contribution in [3.05, 3.63) is 119 Å². The van der Waals surface area contributed by atoms with Gasteiger partial charge >= 0.3 is 12.2 Å². The third-order valence-corrected chi connectivity index (χ3v) is 12.6. The Morgan fingerprint density at radius 3 is 2.12 bits per heavy atom. The van der Waals surface area contributed by atoms with Crippen LogP contribution in [0.5, 0.6) is 5.75 Å². The lowest BCUT2D eigenvalue weighted by molar-refractivity contribution is -0.150. The number of aliphatic hydroxyl groups is 1. The fourth-order valence-corrected chi connectivity index (χ4v) is 9.56. The summed E-state index contributed by atoms with van der Waals surface area (Å²) in [5.41, 5.74) is 3.14. The van der Waals surface area contributed by atoms with Gasteiger partial charge in [-0.25, -0.2) is 9.59 Å². The number of hydrogen-bond donors (Lipinski definition) is 1. The van der Waals surface area contributed by atoms with Crippen LogP contribution in [0.15, 0.2) is 97.1 Å². The highest BCUT2D eigenvalue weighted by Gasteiger charge is 2.66. The molecule has 4 atom stereocenters. The minimum atomic E-state index is -1.53. The molecule has 0 radical (unpaired) electrons. The van der Waals surface area contributed by atoms with Crippen molar-refractivity contribution < 1.29 is 43.2 Å². The lowest BCUT2D eigenvalue weighted by Gasteiger charge is -2.39. The molecule has 0 aliphatic carbocycles. The molecular weight excluding hydrogens is 753 g/mol. The number of carbonyl (C=O) groups excluding carboxylic acids is 4. The zero-order valence-corrected chi connectivity index (χ0v) is 33.8. The van der Waals surface area contributed by atoms with Crippen LogP contribution < -0.4 is 19.4 Å². The first kappa shape index (κ1) is 39.9. The number of rotatable bonds is 13. The van der Waals surface area contributed by atoms with Crippen molar-refractivity contribution in [1.29, 1.82) is 0 Å². The lowest BCUT2D eigenvalue weighted by atomic mass is 9.63. The number of cyclic esters (lactones) is 2. The van der Waals surface area contributed by atoms with Gasteiger partial charge in [0, 0.05) is 41.9 Å². The number of benzene rings is 4. The molecule has 4 heterocycles. The molecule has 4 aliphatic rings. The number of carbonyl (C=O) groups is 4. The van der Waals surface area contributed by atoms with Crippen LogP contribution in [0.4, 0.5) is 26.7 Å². The summed E-state index contributed by atoms with van der Waals surface area (Å²) in [4.78, 5) is 61.6. The van der Waals surface area contributed by atoms with E-state index >= 15 is 4.79 Å². The van der Waals surface area contributed by atoms with Crippen molar-refractivity contribution in [3.8, 4) is 5.75 Å². The van der Waals surface area contributed by atoms with E-state index in [1.807, 2.05) is 104 Å². The Morgan fingerprint density at radius 1 is 0.864 bits per heavy atom. The highest BCUT2D eigenvalue weighted by Crippen LogP contribution is 2.60. The number of hydrogen-bond acceptors (Lipinski definition) is 9. The summed E-state index contributed by atoms with van der Waals surface area (Å²) in [5, 5.41) is 10.1. The summed E-state index contributed by atoms with van der Waals surface area (Å²) in [6.07, 6.45) is -1.63. The predicted octanol–water partition coefficient (Wildman–Crippen LogP) is 6.39. The Bertz CT molecular complexity index is 2210. The first-order valence-electron chi connectivity index (χ1n) is 20.1. The molecule has 13 heteroatoms. The zero-order valence-electron chi connectivity index (χ0n) is 33.8. The summed E-state index contributed by atoms with van der Waals surface area (Å²) < 4.78 is 23.2. The zero-order chi connectivity index (χ0) is 41.5. The van der Waals surface area contributed by atoms with E-state index in [9.17, 15) is 19.5 Å². The van der Waals surface area contributed by atoms with E-state index in [0.29, 0.717) is 54.6 Å². The SMILES string of the molecule is COc1ccc(C(C)(C)[C@@H]2[C@@H](CC(=O)N(CCO)Cc3ccccc3)O[C@]3(C(=O)N(Cc4ccc(N5CCOC5=O)cc4)c4ccc(N5CCOC5=O)cc43)[C@H]2C)cc1. The van der Waals surface area contributed by atoms with E-state index in [0.717, 1.165) is 16.7 Å². The smallest absolute Gasteiger partial charge is 0.414 e. The molecule has 4 aliphatic heterocycles. The first-order valence-corrected chi connectivity index (χ1v) is 20.1. The average Bonchev–Trinajstić information content (AvgIpc) is 4.00. The van der Waals surface area contributed by atoms with Gasteiger partial charge in [-0.05, 0) is 64.6 Å². The van der Waals surface area contributed by atoms with E-state index in [1.54, 1.807) is 26.7 Å². The summed E-state index contributed by atoms with van der Waals surface area (Å²) in [6, 6.07) is 30.5. The van der Waals surface area contributed by atoms with Crippen molar-refractivity contribution in [1.82, 2.24) is 4.90 Å². The van der Waals surface area contributed by atoms with Crippen molar-refractivity contribution >= 4 is 41.1 Å². The topological polar surface area (TPSA) is 138 Å². The quantitative estimate of drug-likeness (QED) is 0.163. The average molecular weight is 803 g/mol. The number of fused-ring (bicyclic) bond motifs is 2. The second-order valence-corrected chi connectivity index (χ2v) is 16.2. The van der Waals surface area contributed by atoms with Gasteiger partial charge in [-0.15, -0.1) is 0 Å². The molecule has 1 spiro atoms. The Kier molecular flexibility index (Phi) is 10.8. The summed E-state index contributed by atoms with van der Waals surface area (Å²) in [5.74, 6) is -0.607. The summed E-state index contributed by atoms with van der Waals surface area (Å²) >= 11 is 0. The van der Waals surface area contributed by atoms with Gasteiger partial charge in [0.05, 0.1) is 51.6 Å². The van der Waals surface area contributed by atoms with E-state index in [2.05, 4.69) is 13.8 Å². The standard InChI is InChI=1S/C46H50N4O9/c1-30-41(45(2,3)33-12-17-36(56-4)18-13-33)39(27-40(52)47(20-23-51)28-31-8-6-5-7-9-31)59-46(30)37-26-35(49-22-25-58-44(49)55)16-19-38(37)50(42(46)53)29-32-10-14-34(15-11-32)48-21-24-57-43(48)54/h5-19,26,30,39,41,51H,20-25,27-29H2,1-4H3/t30-,39+,41-,46+/m0/s1. The molecule has 0 bridgehead atoms. The van der Waals surface area contributed by atoms with Gasteiger partial charge in [0.2, 0.25) is 5.91 Å². The van der Waals surface area contributed by atoms with Crippen LogP contribution in [0, 0.1) is 11.8 Å². The maximum atomic E-state index is 15.5. The van der Waals surface area contributed by atoms with Crippen LogP contribution in [0.1, 0.15) is 49.4 Å². The minimum Gasteiger partial charge on any atom is -0.497 e. The van der Waals surface area contributed by atoms with Crippen LogP contribution >= 0.6 is 0 Å². The molecule has 308 valence electrons. The number of amides is 4. The normalized spacial score (nSPS) is 22.6. The lowest BCUT2D eigenvalue weighted by Crippen LogP contribution is -2.45. The molecular formula is C46H50N4O9. The van der Waals surface area contributed by atoms with Gasteiger partial charge in [0.1, 0.15) is 19.0 Å².